The van der Waals surface area contributed by atoms with Crippen LogP contribution in [0.4, 0.5) is 0 Å². The zero-order valence-corrected chi connectivity index (χ0v) is 23.8. The number of hydrogen-bond acceptors (Lipinski definition) is 3. The van der Waals surface area contributed by atoms with Crippen molar-refractivity contribution in [3.8, 4) is 11.1 Å². The van der Waals surface area contributed by atoms with E-state index in [1.807, 2.05) is 79.7 Å². The van der Waals surface area contributed by atoms with Crippen LogP contribution in [0.25, 0.3) is 22.0 Å². The van der Waals surface area contributed by atoms with Gasteiger partial charge in [-0.25, -0.2) is 5.01 Å². The van der Waals surface area contributed by atoms with Gasteiger partial charge in [0.2, 0.25) is 0 Å². The van der Waals surface area contributed by atoms with Gasteiger partial charge >= 0.3 is 0 Å². The zero-order valence-electron chi connectivity index (χ0n) is 20.6. The summed E-state index contributed by atoms with van der Waals surface area (Å²) in [7, 11) is 0. The van der Waals surface area contributed by atoms with Gasteiger partial charge in [0.25, 0.3) is 5.91 Å². The van der Waals surface area contributed by atoms with E-state index in [4.69, 9.17) is 10.1 Å². The fourth-order valence-electron chi connectivity index (χ4n) is 5.12. The number of carbonyl (C=O) groups excluding carboxylic acids is 1. The van der Waals surface area contributed by atoms with Crippen molar-refractivity contribution < 1.29 is 4.79 Å². The Morgan fingerprint density at radius 1 is 0.816 bits per heavy atom. The number of aryl methyl sites for hydroxylation is 1. The molecule has 0 aliphatic carbocycles. The number of hydrazone groups is 1. The highest BCUT2D eigenvalue weighted by molar-refractivity contribution is 9.10. The molecule has 4 aromatic carbocycles. The van der Waals surface area contributed by atoms with Gasteiger partial charge in [-0.2, -0.15) is 5.10 Å². The summed E-state index contributed by atoms with van der Waals surface area (Å²) in [5, 5.41) is 7.72. The Morgan fingerprint density at radius 3 is 2.18 bits per heavy atom. The average molecular weight is 625 g/mol. The molecule has 1 aliphatic heterocycles. The highest BCUT2D eigenvalue weighted by Crippen LogP contribution is 2.40. The van der Waals surface area contributed by atoms with Crippen LogP contribution in [0.5, 0.6) is 0 Å². The maximum atomic E-state index is 13.8. The lowest BCUT2D eigenvalue weighted by Gasteiger charge is -2.22. The zero-order chi connectivity index (χ0) is 26.2. The second-order valence-electron chi connectivity index (χ2n) is 9.31. The molecule has 0 saturated heterocycles. The van der Waals surface area contributed by atoms with Gasteiger partial charge in [-0.3, -0.25) is 9.78 Å². The van der Waals surface area contributed by atoms with Crippen LogP contribution in [-0.2, 0) is 0 Å². The quantitative estimate of drug-likeness (QED) is 0.201. The van der Waals surface area contributed by atoms with Crippen molar-refractivity contribution >= 4 is 54.4 Å². The lowest BCUT2D eigenvalue weighted by Crippen LogP contribution is -2.27. The standard InChI is InChI=1S/C32H23Br2N3O/c1-20-30(31(22-8-4-2-5-9-22)26-18-25(34)16-17-27(26)35-20)28-19-29(21-12-14-24(33)15-13-21)37(36-28)32(38)23-10-6-3-7-11-23/h2-18,29H,19H2,1H3/t29-/m0/s1. The third-order valence-corrected chi connectivity index (χ3v) is 7.89. The van der Waals surface area contributed by atoms with E-state index in [0.717, 1.165) is 53.5 Å². The number of pyridine rings is 1. The Balaban J connectivity index is 1.56. The molecule has 1 aromatic heterocycles. The predicted octanol–water partition coefficient (Wildman–Crippen LogP) is 8.73. The first kappa shape index (κ1) is 24.7. The normalized spacial score (nSPS) is 15.1. The Hall–Kier alpha value is -3.61. The Morgan fingerprint density at radius 2 is 1.47 bits per heavy atom. The molecular weight excluding hydrogens is 602 g/mol. The van der Waals surface area contributed by atoms with E-state index in [-0.39, 0.29) is 11.9 Å². The molecule has 0 N–H and O–H groups in total. The minimum absolute atomic E-state index is 0.121. The van der Waals surface area contributed by atoms with Gasteiger partial charge in [-0.1, -0.05) is 92.5 Å². The molecule has 0 radical (unpaired) electrons. The highest BCUT2D eigenvalue weighted by Gasteiger charge is 2.35. The molecule has 1 aliphatic rings. The molecule has 0 unspecified atom stereocenters. The van der Waals surface area contributed by atoms with Crippen LogP contribution in [0.15, 0.2) is 117 Å². The summed E-state index contributed by atoms with van der Waals surface area (Å²) in [5.74, 6) is -0.121. The van der Waals surface area contributed by atoms with Crippen molar-refractivity contribution in [2.75, 3.05) is 0 Å². The predicted molar refractivity (Wildman–Crippen MR) is 160 cm³/mol. The molecule has 0 fully saturated rings. The van der Waals surface area contributed by atoms with E-state index in [1.54, 1.807) is 5.01 Å². The number of hydrogen-bond donors (Lipinski definition) is 0. The number of nitrogens with zero attached hydrogens (tertiary/aromatic N) is 3. The van der Waals surface area contributed by atoms with Gasteiger partial charge in [-0.05, 0) is 60.5 Å². The smallest absolute Gasteiger partial charge is 0.267 e. The lowest BCUT2D eigenvalue weighted by atomic mass is 9.89. The molecule has 4 nitrogen and oxygen atoms in total. The van der Waals surface area contributed by atoms with E-state index in [2.05, 4.69) is 62.2 Å². The topological polar surface area (TPSA) is 45.6 Å². The van der Waals surface area contributed by atoms with Gasteiger partial charge in [0.05, 0.1) is 17.3 Å². The number of rotatable bonds is 4. The van der Waals surface area contributed by atoms with Crippen molar-refractivity contribution in [1.82, 2.24) is 9.99 Å². The van der Waals surface area contributed by atoms with Gasteiger partial charge < -0.3 is 0 Å². The van der Waals surface area contributed by atoms with Crippen LogP contribution in [0.2, 0.25) is 0 Å². The van der Waals surface area contributed by atoms with Crippen LogP contribution in [0.1, 0.15) is 39.6 Å². The van der Waals surface area contributed by atoms with Gasteiger partial charge in [0.15, 0.2) is 0 Å². The summed E-state index contributed by atoms with van der Waals surface area (Å²) in [6.45, 7) is 2.03. The van der Waals surface area contributed by atoms with E-state index >= 15 is 0 Å². The van der Waals surface area contributed by atoms with Gasteiger partial charge in [0.1, 0.15) is 0 Å². The van der Waals surface area contributed by atoms with Crippen LogP contribution in [-0.4, -0.2) is 21.6 Å². The Bertz CT molecular complexity index is 1680. The molecular formula is C32H23Br2N3O. The molecule has 1 atom stereocenters. The number of fused-ring (bicyclic) bond motifs is 1. The number of aromatic nitrogens is 1. The highest BCUT2D eigenvalue weighted by atomic mass is 79.9. The summed E-state index contributed by atoms with van der Waals surface area (Å²) in [6.07, 6.45) is 0.585. The van der Waals surface area contributed by atoms with Crippen molar-refractivity contribution in [2.45, 2.75) is 19.4 Å². The first-order chi connectivity index (χ1) is 18.5. The fraction of sp³-hybridized carbons (Fsp3) is 0.0938. The van der Waals surface area contributed by atoms with Gasteiger partial charge in [0, 0.05) is 43.1 Å². The third-order valence-electron chi connectivity index (χ3n) is 6.87. The Kier molecular flexibility index (Phi) is 6.68. The molecule has 186 valence electrons. The molecule has 0 bridgehead atoms. The van der Waals surface area contributed by atoms with E-state index in [0.29, 0.717) is 12.0 Å². The van der Waals surface area contributed by atoms with Gasteiger partial charge in [-0.15, -0.1) is 0 Å². The first-order valence-electron chi connectivity index (χ1n) is 12.4. The molecule has 1 amide bonds. The minimum Gasteiger partial charge on any atom is -0.267 e. The molecule has 38 heavy (non-hydrogen) atoms. The summed E-state index contributed by atoms with van der Waals surface area (Å²) < 4.78 is 1.98. The SMILES string of the molecule is Cc1nc2ccc(Br)cc2c(-c2ccccc2)c1C1=NN(C(=O)c2ccccc2)[C@H](c2ccc(Br)cc2)C1. The largest absolute Gasteiger partial charge is 0.274 e. The molecule has 0 saturated carbocycles. The summed E-state index contributed by atoms with van der Waals surface area (Å²) in [6, 6.07) is 33.8. The monoisotopic (exact) mass is 623 g/mol. The fourth-order valence-corrected chi connectivity index (χ4v) is 5.75. The number of amides is 1. The average Bonchev–Trinajstić information content (AvgIpc) is 3.38. The molecule has 5 aromatic rings. The van der Waals surface area contributed by atoms with Crippen molar-refractivity contribution in [3.05, 3.63) is 134 Å². The second-order valence-corrected chi connectivity index (χ2v) is 11.1. The summed E-state index contributed by atoms with van der Waals surface area (Å²) >= 11 is 7.19. The molecule has 6 heteroatoms. The number of carbonyl (C=O) groups is 1. The van der Waals surface area contributed by atoms with Crippen LogP contribution in [0, 0.1) is 6.92 Å². The summed E-state index contributed by atoms with van der Waals surface area (Å²) in [5.41, 5.74) is 7.46. The van der Waals surface area contributed by atoms with Crippen LogP contribution >= 0.6 is 31.9 Å². The van der Waals surface area contributed by atoms with Crippen molar-refractivity contribution in [3.63, 3.8) is 0 Å². The second kappa shape index (κ2) is 10.3. The third kappa shape index (κ3) is 4.59. The van der Waals surface area contributed by atoms with Crippen molar-refractivity contribution in [2.24, 2.45) is 5.10 Å². The minimum atomic E-state index is -0.230. The summed E-state index contributed by atoms with van der Waals surface area (Å²) in [4.78, 5) is 18.7. The lowest BCUT2D eigenvalue weighted by molar-refractivity contribution is 0.0711. The molecule has 6 rings (SSSR count). The maximum Gasteiger partial charge on any atom is 0.274 e. The van der Waals surface area contributed by atoms with Crippen LogP contribution in [0.3, 0.4) is 0 Å². The molecule has 0 spiro atoms. The number of halogens is 2. The number of benzene rings is 4. The van der Waals surface area contributed by atoms with Crippen LogP contribution < -0.4 is 0 Å². The first-order valence-corrected chi connectivity index (χ1v) is 14.0. The maximum absolute atomic E-state index is 13.8. The van der Waals surface area contributed by atoms with E-state index < -0.39 is 0 Å². The van der Waals surface area contributed by atoms with E-state index in [1.165, 1.54) is 0 Å². The van der Waals surface area contributed by atoms with E-state index in [9.17, 15) is 4.79 Å². The Labute approximate surface area is 238 Å². The molecule has 2 heterocycles. The van der Waals surface area contributed by atoms with Crippen molar-refractivity contribution in [1.29, 1.82) is 0 Å².